The molecule has 2 heterocycles. The molecule has 6 nitrogen and oxygen atoms in total. The number of benzene rings is 1. The Morgan fingerprint density at radius 2 is 1.88 bits per heavy atom. The Kier molecular flexibility index (Phi) is 5.86. The fourth-order valence-electron chi connectivity index (χ4n) is 6.65. The third-order valence-electron chi connectivity index (χ3n) is 9.04. The number of aliphatic hydroxyl groups excluding tert-OH is 1. The zero-order chi connectivity index (χ0) is 23.3. The molecule has 1 saturated carbocycles. The minimum atomic E-state index is -0.546. The summed E-state index contributed by atoms with van der Waals surface area (Å²) in [6.07, 6.45) is 4.45. The highest BCUT2D eigenvalue weighted by atomic mass is 16.6. The van der Waals surface area contributed by atoms with Crippen LogP contribution < -0.4 is 4.90 Å². The normalized spacial score (nSPS) is 36.6. The van der Waals surface area contributed by atoms with Crippen LogP contribution in [0.4, 0.5) is 5.69 Å². The number of Topliss-reactive ketones (excluding diaryl/α,β-unsaturated/α-hetero) is 1. The first-order chi connectivity index (χ1) is 15.8. The zero-order valence-corrected chi connectivity index (χ0v) is 20.0. The van der Waals surface area contributed by atoms with Gasteiger partial charge in [0.2, 0.25) is 0 Å². The van der Waals surface area contributed by atoms with Crippen LogP contribution in [0.1, 0.15) is 50.4 Å². The van der Waals surface area contributed by atoms with Crippen molar-refractivity contribution in [3.05, 3.63) is 41.5 Å². The molecule has 0 aromatic heterocycles. The van der Waals surface area contributed by atoms with Gasteiger partial charge in [-0.3, -0.25) is 14.5 Å². The van der Waals surface area contributed by atoms with Crippen molar-refractivity contribution < 1.29 is 19.4 Å². The van der Waals surface area contributed by atoms with Crippen molar-refractivity contribution in [2.45, 2.75) is 52.2 Å². The molecule has 2 saturated heterocycles. The summed E-state index contributed by atoms with van der Waals surface area (Å²) < 4.78 is 5.84. The van der Waals surface area contributed by atoms with Crippen LogP contribution >= 0.6 is 0 Å². The van der Waals surface area contributed by atoms with Gasteiger partial charge in [0.05, 0.1) is 12.0 Å². The second-order valence-electron chi connectivity index (χ2n) is 10.7. The van der Waals surface area contributed by atoms with Gasteiger partial charge in [0.1, 0.15) is 6.10 Å². The van der Waals surface area contributed by atoms with Gasteiger partial charge in [-0.05, 0) is 49.9 Å². The number of hydrogen-bond acceptors (Lipinski definition) is 6. The number of carbonyl (C=O) groups excluding carboxylic acids is 2. The van der Waals surface area contributed by atoms with E-state index in [1.54, 1.807) is 6.92 Å². The number of hydrogen-bond donors (Lipinski definition) is 1. The monoisotopic (exact) mass is 452 g/mol. The molecular formula is C27H36N2O4. The van der Waals surface area contributed by atoms with Crippen molar-refractivity contribution in [2.24, 2.45) is 23.2 Å². The maximum Gasteiger partial charge on any atom is 0.311 e. The molecule has 0 spiro atoms. The van der Waals surface area contributed by atoms with Crippen molar-refractivity contribution in [1.82, 2.24) is 4.90 Å². The summed E-state index contributed by atoms with van der Waals surface area (Å²) >= 11 is 0. The Labute approximate surface area is 196 Å². The molecule has 1 N–H and O–H groups in total. The number of anilines is 1. The molecule has 6 heteroatoms. The van der Waals surface area contributed by atoms with Crippen molar-refractivity contribution in [3.63, 3.8) is 0 Å². The molecule has 2 aliphatic carbocycles. The number of carbonyl (C=O) groups is 2. The second-order valence-corrected chi connectivity index (χ2v) is 10.7. The largest absolute Gasteiger partial charge is 0.461 e. The molecule has 178 valence electrons. The van der Waals surface area contributed by atoms with Crippen LogP contribution in [0.5, 0.6) is 0 Å². The third kappa shape index (κ3) is 3.81. The van der Waals surface area contributed by atoms with Crippen LogP contribution in [0.3, 0.4) is 0 Å². The van der Waals surface area contributed by atoms with Gasteiger partial charge in [0.15, 0.2) is 5.78 Å². The quantitative estimate of drug-likeness (QED) is 0.430. The van der Waals surface area contributed by atoms with E-state index >= 15 is 0 Å². The minimum absolute atomic E-state index is 0.0807. The Bertz CT molecular complexity index is 949. The fraction of sp³-hybridized carbons (Fsp3) is 0.630. The van der Waals surface area contributed by atoms with Gasteiger partial charge in [-0.15, -0.1) is 0 Å². The van der Waals surface area contributed by atoms with Crippen molar-refractivity contribution in [1.29, 1.82) is 0 Å². The smallest absolute Gasteiger partial charge is 0.311 e. The fourth-order valence-corrected chi connectivity index (χ4v) is 6.65. The molecule has 1 aromatic carbocycles. The van der Waals surface area contributed by atoms with Crippen LogP contribution in [0.15, 0.2) is 35.9 Å². The summed E-state index contributed by atoms with van der Waals surface area (Å²) in [6.45, 7) is 10.2. The van der Waals surface area contributed by atoms with Gasteiger partial charge in [0, 0.05) is 61.7 Å². The standard InChI is InChI=1S/C27H36N2O4/c1-17-5-4-6-20-15-23-24(25(31)27(17,20)3)22(26(32)33-23)16-28-11-13-29(14-12-28)21-9-7-19(8-10-21)18(2)30/h6-10,17,22-25,31H,4-5,11-16H2,1-3H3/t17-,22+,23-,24-,25-,27-/m1/s1. The molecule has 2 aliphatic heterocycles. The molecule has 1 aromatic rings. The van der Waals surface area contributed by atoms with E-state index in [0.29, 0.717) is 12.5 Å². The van der Waals surface area contributed by atoms with Gasteiger partial charge in [0.25, 0.3) is 0 Å². The summed E-state index contributed by atoms with van der Waals surface area (Å²) in [7, 11) is 0. The highest BCUT2D eigenvalue weighted by Crippen LogP contribution is 2.56. The van der Waals surface area contributed by atoms with E-state index in [2.05, 4.69) is 29.7 Å². The maximum atomic E-state index is 12.9. The van der Waals surface area contributed by atoms with E-state index in [9.17, 15) is 14.7 Å². The number of ketones is 1. The van der Waals surface area contributed by atoms with Crippen LogP contribution in [0.2, 0.25) is 0 Å². The molecule has 0 amide bonds. The Morgan fingerprint density at radius 3 is 2.55 bits per heavy atom. The molecule has 6 atom stereocenters. The van der Waals surface area contributed by atoms with Gasteiger partial charge < -0.3 is 14.7 Å². The van der Waals surface area contributed by atoms with Crippen LogP contribution in [-0.4, -0.2) is 66.7 Å². The number of fused-ring (bicyclic) bond motifs is 2. The topological polar surface area (TPSA) is 70.1 Å². The Balaban J connectivity index is 1.25. The Morgan fingerprint density at radius 1 is 1.18 bits per heavy atom. The second kappa shape index (κ2) is 8.55. The molecule has 33 heavy (non-hydrogen) atoms. The molecule has 3 fully saturated rings. The number of allylic oxidation sites excluding steroid dienone is 1. The predicted molar refractivity (Wildman–Crippen MR) is 127 cm³/mol. The first-order valence-corrected chi connectivity index (χ1v) is 12.5. The number of esters is 1. The molecule has 0 unspecified atom stereocenters. The van der Waals surface area contributed by atoms with Crippen LogP contribution in [0.25, 0.3) is 0 Å². The Hall–Kier alpha value is -2.18. The third-order valence-corrected chi connectivity index (χ3v) is 9.04. The van der Waals surface area contributed by atoms with Gasteiger partial charge >= 0.3 is 5.97 Å². The lowest BCUT2D eigenvalue weighted by Gasteiger charge is -2.52. The summed E-state index contributed by atoms with van der Waals surface area (Å²) in [5.41, 5.74) is 2.89. The van der Waals surface area contributed by atoms with E-state index in [4.69, 9.17) is 4.74 Å². The average molecular weight is 453 g/mol. The minimum Gasteiger partial charge on any atom is -0.461 e. The molecule has 5 rings (SSSR count). The first-order valence-electron chi connectivity index (χ1n) is 12.5. The van der Waals surface area contributed by atoms with Crippen molar-refractivity contribution in [3.8, 4) is 0 Å². The van der Waals surface area contributed by atoms with Crippen molar-refractivity contribution >= 4 is 17.4 Å². The van der Waals surface area contributed by atoms with Crippen LogP contribution in [0, 0.1) is 23.2 Å². The molecule has 0 bridgehead atoms. The van der Waals surface area contributed by atoms with Crippen LogP contribution in [-0.2, 0) is 9.53 Å². The zero-order valence-electron chi connectivity index (χ0n) is 20.0. The molecule has 4 aliphatic rings. The van der Waals surface area contributed by atoms with Crippen molar-refractivity contribution in [2.75, 3.05) is 37.6 Å². The van der Waals surface area contributed by atoms with E-state index in [0.717, 1.165) is 56.7 Å². The lowest BCUT2D eigenvalue weighted by molar-refractivity contribution is -0.145. The first kappa shape index (κ1) is 22.6. The lowest BCUT2D eigenvalue weighted by Crippen LogP contribution is -2.55. The van der Waals surface area contributed by atoms with Gasteiger partial charge in [-0.25, -0.2) is 0 Å². The number of rotatable bonds is 4. The summed E-state index contributed by atoms with van der Waals surface area (Å²) in [6, 6.07) is 7.80. The number of piperazine rings is 1. The van der Waals surface area contributed by atoms with E-state index < -0.39 is 6.10 Å². The molecule has 0 radical (unpaired) electrons. The van der Waals surface area contributed by atoms with Gasteiger partial charge in [-0.2, -0.15) is 0 Å². The van der Waals surface area contributed by atoms with E-state index in [-0.39, 0.29) is 35.1 Å². The van der Waals surface area contributed by atoms with E-state index in [1.165, 1.54) is 5.57 Å². The summed E-state index contributed by atoms with van der Waals surface area (Å²) in [5.74, 6) is -0.0436. The number of nitrogens with zero attached hydrogens (tertiary/aromatic N) is 2. The predicted octanol–water partition coefficient (Wildman–Crippen LogP) is 3.30. The molecular weight excluding hydrogens is 416 g/mol. The maximum absolute atomic E-state index is 12.9. The lowest BCUT2D eigenvalue weighted by atomic mass is 9.55. The SMILES string of the molecule is CC(=O)c1ccc(N2CCN(C[C@@H]3C(=O)O[C@@H]4CC5=CCC[C@@H](C)[C@@]5(C)[C@H](O)[C@H]34)CC2)cc1. The van der Waals surface area contributed by atoms with E-state index in [1.807, 2.05) is 24.3 Å². The highest BCUT2D eigenvalue weighted by molar-refractivity contribution is 5.94. The average Bonchev–Trinajstić information content (AvgIpc) is 3.11. The summed E-state index contributed by atoms with van der Waals surface area (Å²) in [4.78, 5) is 29.1. The van der Waals surface area contributed by atoms with Gasteiger partial charge in [-0.1, -0.05) is 25.5 Å². The number of aliphatic hydroxyl groups is 1. The highest BCUT2D eigenvalue weighted by Gasteiger charge is 2.59. The number of ether oxygens (including phenoxy) is 1. The summed E-state index contributed by atoms with van der Waals surface area (Å²) in [5, 5.41) is 11.6.